The van der Waals surface area contributed by atoms with E-state index in [1.807, 2.05) is 12.1 Å². The van der Waals surface area contributed by atoms with Gasteiger partial charge in [0.2, 0.25) is 0 Å². The van der Waals surface area contributed by atoms with Crippen LogP contribution in [0.3, 0.4) is 0 Å². The van der Waals surface area contributed by atoms with Gasteiger partial charge in [-0.2, -0.15) is 0 Å². The fourth-order valence-electron chi connectivity index (χ4n) is 2.09. The number of carbonyl (C=O) groups is 1. The molecule has 1 aromatic carbocycles. The lowest BCUT2D eigenvalue weighted by Crippen LogP contribution is -2.15. The Balaban J connectivity index is 1.94. The second kappa shape index (κ2) is 6.40. The number of ether oxygens (including phenoxy) is 1. The zero-order valence-electron chi connectivity index (χ0n) is 12.0. The van der Waals surface area contributed by atoms with Gasteiger partial charge in [-0.3, -0.25) is 4.79 Å². The average molecular weight is 348 g/mol. The molecular weight excluding hydrogens is 337 g/mol. The molecule has 0 aliphatic carbocycles. The summed E-state index contributed by atoms with van der Waals surface area (Å²) in [4.78, 5) is 20.7. The van der Waals surface area contributed by atoms with Gasteiger partial charge in [0.05, 0.1) is 17.2 Å². The molecule has 0 aliphatic rings. The van der Waals surface area contributed by atoms with Crippen molar-refractivity contribution in [2.24, 2.45) is 0 Å². The molecule has 7 heteroatoms. The maximum atomic E-state index is 12.3. The number of aromatic nitrogens is 2. The summed E-state index contributed by atoms with van der Waals surface area (Å²) < 4.78 is 5.27. The van der Waals surface area contributed by atoms with Crippen LogP contribution in [0.2, 0.25) is 10.0 Å². The molecule has 5 nitrogen and oxygen atoms in total. The summed E-state index contributed by atoms with van der Waals surface area (Å²) in [7, 11) is 1.56. The van der Waals surface area contributed by atoms with Crippen molar-refractivity contribution in [1.82, 2.24) is 9.97 Å². The van der Waals surface area contributed by atoms with Gasteiger partial charge in [-0.1, -0.05) is 41.4 Å². The number of pyridine rings is 2. The zero-order valence-corrected chi connectivity index (χ0v) is 13.5. The Labute approximate surface area is 142 Å². The van der Waals surface area contributed by atoms with E-state index < -0.39 is 5.91 Å². The van der Waals surface area contributed by atoms with E-state index in [1.165, 1.54) is 12.3 Å². The SMILES string of the molecule is COc1cccc2ccc(C(=O)Nc3ncc(Cl)cc3Cl)nc12. The number of hydrogen-bond donors (Lipinski definition) is 1. The molecule has 0 unspecified atom stereocenters. The summed E-state index contributed by atoms with van der Waals surface area (Å²) in [6, 6.07) is 10.5. The largest absolute Gasteiger partial charge is 0.494 e. The lowest BCUT2D eigenvalue weighted by Gasteiger charge is -2.08. The molecule has 0 bridgehead atoms. The number of rotatable bonds is 3. The van der Waals surface area contributed by atoms with Crippen molar-refractivity contribution < 1.29 is 9.53 Å². The van der Waals surface area contributed by atoms with E-state index in [2.05, 4.69) is 15.3 Å². The first-order chi connectivity index (χ1) is 11.1. The fraction of sp³-hybridized carbons (Fsp3) is 0.0625. The number of amides is 1. The minimum Gasteiger partial charge on any atom is -0.494 e. The Kier molecular flexibility index (Phi) is 4.32. The molecule has 2 aromatic heterocycles. The standard InChI is InChI=1S/C16H11Cl2N3O2/c1-23-13-4-2-3-9-5-6-12(20-14(9)13)16(22)21-15-11(18)7-10(17)8-19-15/h2-8H,1H3,(H,19,21,22). The maximum Gasteiger partial charge on any atom is 0.275 e. The summed E-state index contributed by atoms with van der Waals surface area (Å²) in [6.07, 6.45) is 1.40. The van der Waals surface area contributed by atoms with Crippen molar-refractivity contribution >= 4 is 45.8 Å². The molecule has 1 N–H and O–H groups in total. The van der Waals surface area contributed by atoms with Crippen LogP contribution in [0, 0.1) is 0 Å². The number of halogens is 2. The third kappa shape index (κ3) is 3.21. The Hall–Kier alpha value is -2.37. The molecule has 23 heavy (non-hydrogen) atoms. The van der Waals surface area contributed by atoms with Crippen molar-refractivity contribution in [3.63, 3.8) is 0 Å². The minimum absolute atomic E-state index is 0.225. The van der Waals surface area contributed by atoms with Crippen molar-refractivity contribution in [3.8, 4) is 5.75 Å². The third-order valence-electron chi connectivity index (χ3n) is 3.18. The molecule has 116 valence electrons. The van der Waals surface area contributed by atoms with Gasteiger partial charge in [-0.05, 0) is 18.2 Å². The van der Waals surface area contributed by atoms with Crippen LogP contribution in [-0.4, -0.2) is 23.0 Å². The summed E-state index contributed by atoms with van der Waals surface area (Å²) in [5.74, 6) is 0.400. The first kappa shape index (κ1) is 15.5. The highest BCUT2D eigenvalue weighted by atomic mass is 35.5. The molecular formula is C16H11Cl2N3O2. The first-order valence-corrected chi connectivity index (χ1v) is 7.40. The summed E-state index contributed by atoms with van der Waals surface area (Å²) in [5.41, 5.74) is 0.840. The number of para-hydroxylation sites is 1. The van der Waals surface area contributed by atoms with Crippen LogP contribution in [0.15, 0.2) is 42.6 Å². The second-order valence-corrected chi connectivity index (χ2v) is 5.51. The van der Waals surface area contributed by atoms with Gasteiger partial charge in [0.25, 0.3) is 5.91 Å². The molecule has 0 aliphatic heterocycles. The number of methoxy groups -OCH3 is 1. The van der Waals surface area contributed by atoms with Crippen molar-refractivity contribution in [2.45, 2.75) is 0 Å². The van der Waals surface area contributed by atoms with E-state index in [0.29, 0.717) is 16.3 Å². The topological polar surface area (TPSA) is 64.1 Å². The van der Waals surface area contributed by atoms with Crippen molar-refractivity contribution in [1.29, 1.82) is 0 Å². The van der Waals surface area contributed by atoms with Crippen LogP contribution in [-0.2, 0) is 0 Å². The van der Waals surface area contributed by atoms with Gasteiger partial charge in [0.1, 0.15) is 17.0 Å². The number of nitrogens with one attached hydrogen (secondary N) is 1. The molecule has 2 heterocycles. The van der Waals surface area contributed by atoms with Gasteiger partial charge < -0.3 is 10.1 Å². The van der Waals surface area contributed by atoms with Gasteiger partial charge in [-0.15, -0.1) is 0 Å². The molecule has 0 radical (unpaired) electrons. The van der Waals surface area contributed by atoms with E-state index in [-0.39, 0.29) is 16.5 Å². The molecule has 0 saturated carbocycles. The minimum atomic E-state index is -0.422. The zero-order chi connectivity index (χ0) is 16.4. The predicted octanol–water partition coefficient (Wildman–Crippen LogP) is 4.20. The predicted molar refractivity (Wildman–Crippen MR) is 90.5 cm³/mol. The first-order valence-electron chi connectivity index (χ1n) is 6.64. The molecule has 0 saturated heterocycles. The average Bonchev–Trinajstić information content (AvgIpc) is 2.56. The van der Waals surface area contributed by atoms with Crippen LogP contribution in [0.1, 0.15) is 10.5 Å². The number of hydrogen-bond acceptors (Lipinski definition) is 4. The molecule has 1 amide bonds. The molecule has 0 fully saturated rings. The van der Waals surface area contributed by atoms with Crippen LogP contribution >= 0.6 is 23.2 Å². The van der Waals surface area contributed by atoms with Crippen LogP contribution < -0.4 is 10.1 Å². The molecule has 3 rings (SSSR count). The Morgan fingerprint density at radius 3 is 2.78 bits per heavy atom. The van der Waals surface area contributed by atoms with Gasteiger partial charge in [-0.25, -0.2) is 9.97 Å². The van der Waals surface area contributed by atoms with Gasteiger partial charge >= 0.3 is 0 Å². The lowest BCUT2D eigenvalue weighted by atomic mass is 10.2. The number of anilines is 1. The Morgan fingerprint density at radius 1 is 1.22 bits per heavy atom. The van der Waals surface area contributed by atoms with Gasteiger partial charge in [0, 0.05) is 11.6 Å². The number of benzene rings is 1. The second-order valence-electron chi connectivity index (χ2n) is 4.67. The van der Waals surface area contributed by atoms with Crippen LogP contribution in [0.4, 0.5) is 5.82 Å². The van der Waals surface area contributed by atoms with Crippen LogP contribution in [0.5, 0.6) is 5.75 Å². The van der Waals surface area contributed by atoms with E-state index in [0.717, 1.165) is 5.39 Å². The summed E-state index contributed by atoms with van der Waals surface area (Å²) >= 11 is 11.8. The number of fused-ring (bicyclic) bond motifs is 1. The van der Waals surface area contributed by atoms with E-state index >= 15 is 0 Å². The third-order valence-corrected chi connectivity index (χ3v) is 3.67. The van der Waals surface area contributed by atoms with Crippen molar-refractivity contribution in [3.05, 3.63) is 58.3 Å². The summed E-state index contributed by atoms with van der Waals surface area (Å²) in [6.45, 7) is 0. The lowest BCUT2D eigenvalue weighted by molar-refractivity contribution is 0.102. The maximum absolute atomic E-state index is 12.3. The number of nitrogens with zero attached hydrogens (tertiary/aromatic N) is 2. The highest BCUT2D eigenvalue weighted by molar-refractivity contribution is 6.36. The van der Waals surface area contributed by atoms with E-state index in [1.54, 1.807) is 25.3 Å². The molecule has 0 spiro atoms. The molecule has 3 aromatic rings. The number of carbonyl (C=O) groups excluding carboxylic acids is 1. The monoisotopic (exact) mass is 347 g/mol. The summed E-state index contributed by atoms with van der Waals surface area (Å²) in [5, 5.41) is 4.13. The smallest absolute Gasteiger partial charge is 0.275 e. The van der Waals surface area contributed by atoms with E-state index in [9.17, 15) is 4.79 Å². The molecule has 0 atom stereocenters. The van der Waals surface area contributed by atoms with E-state index in [4.69, 9.17) is 27.9 Å². The van der Waals surface area contributed by atoms with Crippen LogP contribution in [0.25, 0.3) is 10.9 Å². The highest BCUT2D eigenvalue weighted by Crippen LogP contribution is 2.25. The normalized spacial score (nSPS) is 10.6. The quantitative estimate of drug-likeness (QED) is 0.771. The van der Waals surface area contributed by atoms with Gasteiger partial charge in [0.15, 0.2) is 5.82 Å². The Morgan fingerprint density at radius 2 is 2.04 bits per heavy atom. The fourth-order valence-corrected chi connectivity index (χ4v) is 2.52. The Bertz CT molecular complexity index is 900. The highest BCUT2D eigenvalue weighted by Gasteiger charge is 2.13. The van der Waals surface area contributed by atoms with Crippen molar-refractivity contribution in [2.75, 3.05) is 12.4 Å².